The number of benzene rings is 1. The zero-order valence-electron chi connectivity index (χ0n) is 16.6. The van der Waals surface area contributed by atoms with Crippen LogP contribution in [0.15, 0.2) is 18.2 Å². The van der Waals surface area contributed by atoms with E-state index in [1.54, 1.807) is 18.2 Å². The molecule has 1 aliphatic rings. The van der Waals surface area contributed by atoms with E-state index in [-0.39, 0.29) is 11.8 Å². The normalized spacial score (nSPS) is 14.6. The Balaban J connectivity index is 1.84. The van der Waals surface area contributed by atoms with Crippen LogP contribution in [0.1, 0.15) is 62.7 Å². The summed E-state index contributed by atoms with van der Waals surface area (Å²) in [5.74, 6) is 1.35. The fourth-order valence-electron chi connectivity index (χ4n) is 3.10. The standard InChI is InChI=1S/C21H32N2O4/c1-3-15-27-18-11-10-17(16-19(18)26-4-2)21(25)22-12-8-14-23-13-7-5-6-9-20(23)24/h10-11,16H,3-9,12-15H2,1-2H3,(H,22,25). The molecule has 1 aromatic rings. The summed E-state index contributed by atoms with van der Waals surface area (Å²) in [7, 11) is 0. The molecule has 0 unspecified atom stereocenters. The lowest BCUT2D eigenvalue weighted by Gasteiger charge is -2.20. The molecule has 2 amide bonds. The Morgan fingerprint density at radius 2 is 2.00 bits per heavy atom. The van der Waals surface area contributed by atoms with Crippen molar-refractivity contribution in [3.63, 3.8) is 0 Å². The van der Waals surface area contributed by atoms with Gasteiger partial charge in [0, 0.05) is 31.6 Å². The predicted molar refractivity (Wildman–Crippen MR) is 105 cm³/mol. The molecule has 0 spiro atoms. The minimum atomic E-state index is -0.139. The summed E-state index contributed by atoms with van der Waals surface area (Å²) in [6.07, 6.45) is 5.51. The van der Waals surface area contributed by atoms with Crippen molar-refractivity contribution in [1.29, 1.82) is 0 Å². The molecule has 6 heteroatoms. The molecule has 1 aliphatic heterocycles. The van der Waals surface area contributed by atoms with Crippen LogP contribution < -0.4 is 14.8 Å². The van der Waals surface area contributed by atoms with Gasteiger partial charge in [0.1, 0.15) is 0 Å². The summed E-state index contributed by atoms with van der Waals surface area (Å²) in [5.41, 5.74) is 0.549. The van der Waals surface area contributed by atoms with Crippen LogP contribution in [0.3, 0.4) is 0 Å². The molecule has 0 atom stereocenters. The number of carbonyl (C=O) groups is 2. The van der Waals surface area contributed by atoms with Crippen molar-refractivity contribution in [2.45, 2.75) is 52.4 Å². The highest BCUT2D eigenvalue weighted by Gasteiger charge is 2.16. The summed E-state index contributed by atoms with van der Waals surface area (Å²) in [5, 5.41) is 2.93. The van der Waals surface area contributed by atoms with Gasteiger partial charge in [0.2, 0.25) is 5.91 Å². The maximum Gasteiger partial charge on any atom is 0.251 e. The Kier molecular flexibility index (Phi) is 8.95. The third kappa shape index (κ3) is 6.77. The quantitative estimate of drug-likeness (QED) is 0.636. The van der Waals surface area contributed by atoms with Gasteiger partial charge in [-0.1, -0.05) is 13.3 Å². The topological polar surface area (TPSA) is 67.9 Å². The first-order valence-corrected chi connectivity index (χ1v) is 10.1. The molecule has 150 valence electrons. The van der Waals surface area contributed by atoms with Gasteiger partial charge < -0.3 is 19.7 Å². The van der Waals surface area contributed by atoms with Crippen molar-refractivity contribution in [3.05, 3.63) is 23.8 Å². The second-order valence-electron chi connectivity index (χ2n) is 6.74. The Hall–Kier alpha value is -2.24. The molecule has 6 nitrogen and oxygen atoms in total. The lowest BCUT2D eigenvalue weighted by molar-refractivity contribution is -0.130. The summed E-state index contributed by atoms with van der Waals surface area (Å²) < 4.78 is 11.3. The third-order valence-electron chi connectivity index (χ3n) is 4.53. The van der Waals surface area contributed by atoms with Crippen LogP contribution in [0.4, 0.5) is 0 Å². The molecule has 1 heterocycles. The van der Waals surface area contributed by atoms with Crippen LogP contribution in [0.25, 0.3) is 0 Å². The molecule has 1 aromatic carbocycles. The Morgan fingerprint density at radius 1 is 1.15 bits per heavy atom. The van der Waals surface area contributed by atoms with Crippen LogP contribution in [-0.4, -0.2) is 49.6 Å². The summed E-state index contributed by atoms with van der Waals surface area (Å²) in [6, 6.07) is 5.26. The molecule has 0 bridgehead atoms. The number of nitrogens with zero attached hydrogens (tertiary/aromatic N) is 1. The Bertz CT molecular complexity index is 618. The van der Waals surface area contributed by atoms with Crippen molar-refractivity contribution in [3.8, 4) is 11.5 Å². The first kappa shape index (κ1) is 21.1. The van der Waals surface area contributed by atoms with Gasteiger partial charge in [0.25, 0.3) is 5.91 Å². The molecule has 27 heavy (non-hydrogen) atoms. The number of nitrogens with one attached hydrogen (secondary N) is 1. The van der Waals surface area contributed by atoms with Gasteiger partial charge in [-0.15, -0.1) is 0 Å². The number of hydrogen-bond donors (Lipinski definition) is 1. The number of ether oxygens (including phenoxy) is 2. The van der Waals surface area contributed by atoms with Gasteiger partial charge in [-0.2, -0.15) is 0 Å². The number of carbonyl (C=O) groups excluding carboxylic acids is 2. The second kappa shape index (κ2) is 11.5. The molecule has 1 N–H and O–H groups in total. The lowest BCUT2D eigenvalue weighted by atomic mass is 10.2. The highest BCUT2D eigenvalue weighted by molar-refractivity contribution is 5.94. The maximum atomic E-state index is 12.4. The second-order valence-corrected chi connectivity index (χ2v) is 6.74. The first-order valence-electron chi connectivity index (χ1n) is 10.1. The number of amides is 2. The van der Waals surface area contributed by atoms with Crippen LogP contribution in [0, 0.1) is 0 Å². The molecule has 0 aliphatic carbocycles. The number of likely N-dealkylation sites (tertiary alicyclic amines) is 1. The van der Waals surface area contributed by atoms with Gasteiger partial charge in [0.05, 0.1) is 13.2 Å². The van der Waals surface area contributed by atoms with Gasteiger partial charge in [-0.3, -0.25) is 9.59 Å². The van der Waals surface area contributed by atoms with Gasteiger partial charge in [0.15, 0.2) is 11.5 Å². The highest BCUT2D eigenvalue weighted by Crippen LogP contribution is 2.28. The zero-order chi connectivity index (χ0) is 19.5. The minimum absolute atomic E-state index is 0.139. The van der Waals surface area contributed by atoms with Crippen molar-refractivity contribution >= 4 is 11.8 Å². The monoisotopic (exact) mass is 376 g/mol. The van der Waals surface area contributed by atoms with Gasteiger partial charge in [-0.05, 0) is 50.8 Å². The van der Waals surface area contributed by atoms with E-state index in [0.717, 1.165) is 38.6 Å². The average Bonchev–Trinajstić information content (AvgIpc) is 2.88. The molecule has 2 rings (SSSR count). The largest absolute Gasteiger partial charge is 0.490 e. The first-order chi connectivity index (χ1) is 13.2. The van der Waals surface area contributed by atoms with E-state index < -0.39 is 0 Å². The van der Waals surface area contributed by atoms with E-state index in [1.165, 1.54) is 0 Å². The lowest BCUT2D eigenvalue weighted by Crippen LogP contribution is -2.34. The van der Waals surface area contributed by atoms with Crippen molar-refractivity contribution in [2.75, 3.05) is 32.8 Å². The molecule has 1 fully saturated rings. The number of hydrogen-bond acceptors (Lipinski definition) is 4. The van der Waals surface area contributed by atoms with E-state index in [1.807, 2.05) is 18.7 Å². The fourth-order valence-corrected chi connectivity index (χ4v) is 3.10. The average molecular weight is 376 g/mol. The van der Waals surface area contributed by atoms with E-state index in [0.29, 0.717) is 49.8 Å². The zero-order valence-corrected chi connectivity index (χ0v) is 16.6. The van der Waals surface area contributed by atoms with Gasteiger partial charge in [-0.25, -0.2) is 0 Å². The maximum absolute atomic E-state index is 12.4. The summed E-state index contributed by atoms with van der Waals surface area (Å²) in [6.45, 7) is 7.15. The van der Waals surface area contributed by atoms with Crippen LogP contribution in [0.5, 0.6) is 11.5 Å². The smallest absolute Gasteiger partial charge is 0.251 e. The summed E-state index contributed by atoms with van der Waals surface area (Å²) >= 11 is 0. The molecule has 0 radical (unpaired) electrons. The molecular formula is C21H32N2O4. The third-order valence-corrected chi connectivity index (χ3v) is 4.53. The summed E-state index contributed by atoms with van der Waals surface area (Å²) in [4.78, 5) is 26.3. The fraction of sp³-hybridized carbons (Fsp3) is 0.619. The highest BCUT2D eigenvalue weighted by atomic mass is 16.5. The van der Waals surface area contributed by atoms with E-state index in [4.69, 9.17) is 9.47 Å². The van der Waals surface area contributed by atoms with E-state index >= 15 is 0 Å². The number of rotatable bonds is 10. The molecule has 0 saturated carbocycles. The van der Waals surface area contributed by atoms with Crippen LogP contribution >= 0.6 is 0 Å². The SMILES string of the molecule is CCCOc1ccc(C(=O)NCCCN2CCCCCC2=O)cc1OCC. The van der Waals surface area contributed by atoms with Crippen LogP contribution in [-0.2, 0) is 4.79 Å². The van der Waals surface area contributed by atoms with Crippen molar-refractivity contribution < 1.29 is 19.1 Å². The van der Waals surface area contributed by atoms with Crippen molar-refractivity contribution in [1.82, 2.24) is 10.2 Å². The Morgan fingerprint density at radius 3 is 2.78 bits per heavy atom. The molecule has 0 aromatic heterocycles. The predicted octanol–water partition coefficient (Wildman–Crippen LogP) is 3.40. The molecular weight excluding hydrogens is 344 g/mol. The van der Waals surface area contributed by atoms with Crippen LogP contribution in [0.2, 0.25) is 0 Å². The van der Waals surface area contributed by atoms with E-state index in [9.17, 15) is 9.59 Å². The van der Waals surface area contributed by atoms with Gasteiger partial charge >= 0.3 is 0 Å². The Labute approximate surface area is 162 Å². The van der Waals surface area contributed by atoms with E-state index in [2.05, 4.69) is 5.32 Å². The van der Waals surface area contributed by atoms with Crippen molar-refractivity contribution in [2.24, 2.45) is 0 Å². The minimum Gasteiger partial charge on any atom is -0.490 e. The molecule has 1 saturated heterocycles.